The van der Waals surface area contributed by atoms with E-state index in [1.165, 1.54) is 6.08 Å². The van der Waals surface area contributed by atoms with Gasteiger partial charge in [-0.2, -0.15) is 0 Å². The number of rotatable bonds is 3. The molecule has 1 aromatic heterocycles. The van der Waals surface area contributed by atoms with E-state index in [-0.39, 0.29) is 5.91 Å². The van der Waals surface area contributed by atoms with Gasteiger partial charge in [-0.3, -0.25) is 10.2 Å². The highest BCUT2D eigenvalue weighted by atomic mass is 35.5. The molecular weight excluding hydrogens is 264 g/mol. The number of furan rings is 1. The molecule has 19 heavy (non-hydrogen) atoms. The van der Waals surface area contributed by atoms with Crippen LogP contribution in [0.4, 0.5) is 0 Å². The molecule has 1 aromatic carbocycles. The van der Waals surface area contributed by atoms with E-state index in [1.54, 1.807) is 12.1 Å². The molecule has 1 amide bonds. The van der Waals surface area contributed by atoms with E-state index in [0.717, 1.165) is 16.9 Å². The lowest BCUT2D eigenvalue weighted by Gasteiger charge is -2.02. The molecule has 4 nitrogen and oxygen atoms in total. The number of halogens is 1. The Bertz CT molecular complexity index is 632. The van der Waals surface area contributed by atoms with Crippen LogP contribution < -0.4 is 11.3 Å². The van der Waals surface area contributed by atoms with Crippen molar-refractivity contribution < 1.29 is 9.21 Å². The van der Waals surface area contributed by atoms with Crippen molar-refractivity contribution >= 4 is 23.6 Å². The van der Waals surface area contributed by atoms with E-state index in [2.05, 4.69) is 0 Å². The molecule has 1 heterocycles. The minimum atomic E-state index is -0.388. The van der Waals surface area contributed by atoms with Gasteiger partial charge < -0.3 is 4.42 Å². The topological polar surface area (TPSA) is 68.3 Å². The van der Waals surface area contributed by atoms with E-state index in [0.29, 0.717) is 10.8 Å². The van der Waals surface area contributed by atoms with E-state index >= 15 is 0 Å². The maximum atomic E-state index is 11.0. The molecule has 0 atom stereocenters. The first kappa shape index (κ1) is 13.4. The van der Waals surface area contributed by atoms with Gasteiger partial charge in [-0.05, 0) is 48.9 Å². The molecular formula is C14H13ClN2O2. The zero-order valence-corrected chi connectivity index (χ0v) is 11.1. The monoisotopic (exact) mass is 276 g/mol. The van der Waals surface area contributed by atoms with Crippen LogP contribution in [0.2, 0.25) is 5.02 Å². The smallest absolute Gasteiger partial charge is 0.258 e. The molecule has 0 aliphatic carbocycles. The third-order valence-corrected chi connectivity index (χ3v) is 2.86. The second kappa shape index (κ2) is 5.73. The molecule has 0 saturated heterocycles. The number of carbonyl (C=O) groups is 1. The number of nitrogens with one attached hydrogen (secondary N) is 1. The van der Waals surface area contributed by atoms with Gasteiger partial charge in [0.1, 0.15) is 11.5 Å². The highest BCUT2D eigenvalue weighted by Gasteiger charge is 2.06. The van der Waals surface area contributed by atoms with Gasteiger partial charge in [0.25, 0.3) is 5.91 Å². The van der Waals surface area contributed by atoms with Crippen LogP contribution in [-0.2, 0) is 4.79 Å². The Kier molecular flexibility index (Phi) is 4.04. The van der Waals surface area contributed by atoms with Crippen LogP contribution in [0.5, 0.6) is 0 Å². The normalized spacial score (nSPS) is 10.9. The maximum absolute atomic E-state index is 11.0. The highest BCUT2D eigenvalue weighted by Crippen LogP contribution is 2.27. The number of hydrogen-bond donors (Lipinski definition) is 2. The van der Waals surface area contributed by atoms with E-state index in [4.69, 9.17) is 21.9 Å². The summed E-state index contributed by atoms with van der Waals surface area (Å²) in [7, 11) is 0. The fourth-order valence-corrected chi connectivity index (χ4v) is 1.92. The summed E-state index contributed by atoms with van der Waals surface area (Å²) in [5.41, 5.74) is 4.00. The largest absolute Gasteiger partial charge is 0.457 e. The summed E-state index contributed by atoms with van der Waals surface area (Å²) >= 11 is 5.91. The van der Waals surface area contributed by atoms with Gasteiger partial charge in [-0.25, -0.2) is 5.84 Å². The van der Waals surface area contributed by atoms with Crippen molar-refractivity contribution in [3.05, 3.63) is 52.8 Å². The van der Waals surface area contributed by atoms with Crippen LogP contribution in [0.3, 0.4) is 0 Å². The van der Waals surface area contributed by atoms with Crippen LogP contribution in [0, 0.1) is 6.92 Å². The summed E-state index contributed by atoms with van der Waals surface area (Å²) in [6, 6.07) is 9.21. The van der Waals surface area contributed by atoms with Gasteiger partial charge in [0.2, 0.25) is 0 Å². The molecule has 0 spiro atoms. The minimum absolute atomic E-state index is 0.388. The quantitative estimate of drug-likeness (QED) is 0.392. The van der Waals surface area contributed by atoms with Crippen molar-refractivity contribution in [2.24, 2.45) is 5.84 Å². The van der Waals surface area contributed by atoms with Crippen molar-refractivity contribution in [3.8, 4) is 11.3 Å². The number of hydrazine groups is 1. The average Bonchev–Trinajstić information content (AvgIpc) is 2.84. The predicted molar refractivity (Wildman–Crippen MR) is 75.3 cm³/mol. The van der Waals surface area contributed by atoms with Gasteiger partial charge in [0.05, 0.1) is 0 Å². The Morgan fingerprint density at radius 3 is 2.84 bits per heavy atom. The SMILES string of the molecule is Cc1cc(Cl)ccc1-c1ccc(/C=C/C(=O)NN)o1. The first-order valence-corrected chi connectivity index (χ1v) is 6.03. The van der Waals surface area contributed by atoms with Crippen molar-refractivity contribution in [1.82, 2.24) is 5.43 Å². The number of amides is 1. The Morgan fingerprint density at radius 2 is 2.16 bits per heavy atom. The van der Waals surface area contributed by atoms with Gasteiger partial charge in [-0.15, -0.1) is 0 Å². The molecule has 0 aliphatic rings. The number of hydrogen-bond acceptors (Lipinski definition) is 3. The number of nitrogens with two attached hydrogens (primary N) is 1. The van der Waals surface area contributed by atoms with Crippen LogP contribution in [0.15, 0.2) is 40.8 Å². The molecule has 0 aliphatic heterocycles. The second-order valence-electron chi connectivity index (χ2n) is 4.00. The van der Waals surface area contributed by atoms with E-state index in [9.17, 15) is 4.79 Å². The van der Waals surface area contributed by atoms with Gasteiger partial charge in [0.15, 0.2) is 0 Å². The lowest BCUT2D eigenvalue weighted by atomic mass is 10.1. The van der Waals surface area contributed by atoms with Crippen molar-refractivity contribution in [1.29, 1.82) is 0 Å². The van der Waals surface area contributed by atoms with Gasteiger partial charge in [-0.1, -0.05) is 11.6 Å². The Balaban J connectivity index is 2.26. The van der Waals surface area contributed by atoms with Crippen molar-refractivity contribution in [2.45, 2.75) is 6.92 Å². The summed E-state index contributed by atoms with van der Waals surface area (Å²) < 4.78 is 5.63. The molecule has 0 saturated carbocycles. The third kappa shape index (κ3) is 3.24. The molecule has 5 heteroatoms. The van der Waals surface area contributed by atoms with Crippen LogP contribution >= 0.6 is 11.6 Å². The van der Waals surface area contributed by atoms with E-state index < -0.39 is 0 Å². The Labute approximate surface area is 115 Å². The predicted octanol–water partition coefficient (Wildman–Crippen LogP) is 2.91. The Morgan fingerprint density at radius 1 is 1.37 bits per heavy atom. The fraction of sp³-hybridized carbons (Fsp3) is 0.0714. The highest BCUT2D eigenvalue weighted by molar-refractivity contribution is 6.30. The average molecular weight is 277 g/mol. The molecule has 2 aromatic rings. The van der Waals surface area contributed by atoms with Crippen LogP contribution in [0.1, 0.15) is 11.3 Å². The lowest BCUT2D eigenvalue weighted by Crippen LogP contribution is -2.27. The second-order valence-corrected chi connectivity index (χ2v) is 4.44. The molecule has 0 unspecified atom stereocenters. The summed E-state index contributed by atoms with van der Waals surface area (Å²) in [6.07, 6.45) is 2.86. The number of benzene rings is 1. The summed E-state index contributed by atoms with van der Waals surface area (Å²) in [5.74, 6) is 5.89. The first-order chi connectivity index (χ1) is 9.10. The molecule has 0 radical (unpaired) electrons. The zero-order valence-electron chi connectivity index (χ0n) is 10.3. The van der Waals surface area contributed by atoms with Crippen LogP contribution in [0.25, 0.3) is 17.4 Å². The lowest BCUT2D eigenvalue weighted by molar-refractivity contribution is -0.116. The standard InChI is InChI=1S/C14H13ClN2O2/c1-9-8-10(15)2-5-12(9)13-6-3-11(19-13)4-7-14(18)17-16/h2-8H,16H2,1H3,(H,17,18)/b7-4+. The van der Waals surface area contributed by atoms with Gasteiger partial charge in [0, 0.05) is 16.7 Å². The van der Waals surface area contributed by atoms with Crippen LogP contribution in [-0.4, -0.2) is 5.91 Å². The van der Waals surface area contributed by atoms with Gasteiger partial charge >= 0.3 is 0 Å². The minimum Gasteiger partial charge on any atom is -0.457 e. The summed E-state index contributed by atoms with van der Waals surface area (Å²) in [5, 5.41) is 0.688. The first-order valence-electron chi connectivity index (χ1n) is 5.65. The molecule has 98 valence electrons. The van der Waals surface area contributed by atoms with Crippen molar-refractivity contribution in [2.75, 3.05) is 0 Å². The molecule has 3 N–H and O–H groups in total. The number of carbonyl (C=O) groups excluding carboxylic acids is 1. The van der Waals surface area contributed by atoms with Crippen molar-refractivity contribution in [3.63, 3.8) is 0 Å². The zero-order chi connectivity index (χ0) is 13.8. The maximum Gasteiger partial charge on any atom is 0.258 e. The third-order valence-electron chi connectivity index (χ3n) is 2.62. The fourth-order valence-electron chi connectivity index (χ4n) is 1.70. The molecule has 0 fully saturated rings. The summed E-state index contributed by atoms with van der Waals surface area (Å²) in [6.45, 7) is 1.96. The molecule has 2 rings (SSSR count). The molecule has 0 bridgehead atoms. The Hall–Kier alpha value is -2.04. The van der Waals surface area contributed by atoms with E-state index in [1.807, 2.05) is 36.6 Å². The summed E-state index contributed by atoms with van der Waals surface area (Å²) in [4.78, 5) is 11.0. The number of aryl methyl sites for hydroxylation is 1.